The molecule has 0 unspecified atom stereocenters. The third kappa shape index (κ3) is 3.65. The summed E-state index contributed by atoms with van der Waals surface area (Å²) in [7, 11) is 1.46. The lowest BCUT2D eigenvalue weighted by Crippen LogP contribution is -2.07. The van der Waals surface area contributed by atoms with Crippen LogP contribution in [0.5, 0.6) is 5.75 Å². The van der Waals surface area contributed by atoms with E-state index in [2.05, 4.69) is 18.2 Å². The summed E-state index contributed by atoms with van der Waals surface area (Å²) in [5.74, 6) is -0.664. The van der Waals surface area contributed by atoms with Crippen LogP contribution in [0.25, 0.3) is 0 Å². The molecule has 0 fully saturated rings. The molecular formula is C18H20O4. The maximum absolute atomic E-state index is 11.4. The Morgan fingerprint density at radius 2 is 1.82 bits per heavy atom. The largest absolute Gasteiger partial charge is 0.496 e. The number of aryl methyl sites for hydroxylation is 2. The third-order valence-electron chi connectivity index (χ3n) is 3.57. The summed E-state index contributed by atoms with van der Waals surface area (Å²) in [6.07, 6.45) is 0. The monoisotopic (exact) mass is 300 g/mol. The highest BCUT2D eigenvalue weighted by atomic mass is 16.5. The zero-order valence-corrected chi connectivity index (χ0v) is 13.1. The molecule has 2 rings (SSSR count). The number of benzene rings is 2. The first-order chi connectivity index (χ1) is 10.5. The van der Waals surface area contributed by atoms with Gasteiger partial charge in [0, 0.05) is 0 Å². The summed E-state index contributed by atoms with van der Waals surface area (Å²) in [6.45, 7) is 4.75. The summed E-state index contributed by atoms with van der Waals surface area (Å²) in [6, 6.07) is 11.3. The van der Waals surface area contributed by atoms with Crippen LogP contribution in [0, 0.1) is 13.8 Å². The summed E-state index contributed by atoms with van der Waals surface area (Å²) in [5.41, 5.74) is 4.22. The van der Waals surface area contributed by atoms with Crippen LogP contribution in [0.3, 0.4) is 0 Å². The number of aromatic carboxylic acids is 1. The Labute approximate surface area is 130 Å². The standard InChI is InChI=1S/C18H20O4/c1-12-7-8-13(2)15(9-12)11-22-10-14-5-4-6-16(21-3)17(14)18(19)20/h4-9H,10-11H2,1-3H3,(H,19,20). The van der Waals surface area contributed by atoms with Gasteiger partial charge in [-0.1, -0.05) is 35.9 Å². The molecule has 22 heavy (non-hydrogen) atoms. The van der Waals surface area contributed by atoms with Crippen molar-refractivity contribution in [3.63, 3.8) is 0 Å². The van der Waals surface area contributed by atoms with E-state index in [1.165, 1.54) is 12.7 Å². The van der Waals surface area contributed by atoms with E-state index < -0.39 is 5.97 Å². The van der Waals surface area contributed by atoms with Crippen molar-refractivity contribution in [3.8, 4) is 5.75 Å². The molecule has 0 atom stereocenters. The molecule has 0 amide bonds. The minimum absolute atomic E-state index is 0.158. The van der Waals surface area contributed by atoms with Crippen LogP contribution in [0.2, 0.25) is 0 Å². The van der Waals surface area contributed by atoms with E-state index in [0.29, 0.717) is 17.9 Å². The highest BCUT2D eigenvalue weighted by Crippen LogP contribution is 2.23. The zero-order chi connectivity index (χ0) is 16.1. The Kier molecular flexibility index (Phi) is 5.17. The van der Waals surface area contributed by atoms with E-state index in [0.717, 1.165) is 11.1 Å². The lowest BCUT2D eigenvalue weighted by Gasteiger charge is -2.12. The van der Waals surface area contributed by atoms with Gasteiger partial charge in [-0.3, -0.25) is 0 Å². The third-order valence-corrected chi connectivity index (χ3v) is 3.57. The first-order valence-corrected chi connectivity index (χ1v) is 7.06. The Morgan fingerprint density at radius 1 is 1.09 bits per heavy atom. The smallest absolute Gasteiger partial charge is 0.339 e. The van der Waals surface area contributed by atoms with E-state index in [1.54, 1.807) is 18.2 Å². The van der Waals surface area contributed by atoms with E-state index in [1.807, 2.05) is 13.8 Å². The molecule has 0 saturated heterocycles. The number of carbonyl (C=O) groups is 1. The van der Waals surface area contributed by atoms with E-state index >= 15 is 0 Å². The summed E-state index contributed by atoms with van der Waals surface area (Å²) in [4.78, 5) is 11.4. The lowest BCUT2D eigenvalue weighted by atomic mass is 10.1. The van der Waals surface area contributed by atoms with Gasteiger partial charge in [0.05, 0.1) is 20.3 Å². The predicted octanol–water partition coefficient (Wildman–Crippen LogP) is 3.73. The maximum Gasteiger partial charge on any atom is 0.339 e. The van der Waals surface area contributed by atoms with Gasteiger partial charge in [0.1, 0.15) is 11.3 Å². The SMILES string of the molecule is COc1cccc(COCc2cc(C)ccc2C)c1C(=O)O. The van der Waals surface area contributed by atoms with Gasteiger partial charge in [0.2, 0.25) is 0 Å². The molecule has 0 aromatic heterocycles. The highest BCUT2D eigenvalue weighted by molar-refractivity contribution is 5.92. The fraction of sp³-hybridized carbons (Fsp3) is 0.278. The van der Waals surface area contributed by atoms with E-state index in [-0.39, 0.29) is 12.2 Å². The van der Waals surface area contributed by atoms with Gasteiger partial charge in [0.25, 0.3) is 0 Å². The van der Waals surface area contributed by atoms with Crippen LogP contribution in [0.4, 0.5) is 0 Å². The Morgan fingerprint density at radius 3 is 2.50 bits per heavy atom. The fourth-order valence-electron chi connectivity index (χ4n) is 2.34. The van der Waals surface area contributed by atoms with Gasteiger partial charge in [-0.2, -0.15) is 0 Å². The average Bonchev–Trinajstić information content (AvgIpc) is 2.50. The molecule has 0 saturated carbocycles. The molecular weight excluding hydrogens is 280 g/mol. The summed E-state index contributed by atoms with van der Waals surface area (Å²) >= 11 is 0. The Hall–Kier alpha value is -2.33. The van der Waals surface area contributed by atoms with E-state index in [9.17, 15) is 9.90 Å². The lowest BCUT2D eigenvalue weighted by molar-refractivity contribution is 0.0680. The van der Waals surface area contributed by atoms with Crippen molar-refractivity contribution in [2.75, 3.05) is 7.11 Å². The van der Waals surface area contributed by atoms with Crippen molar-refractivity contribution in [3.05, 3.63) is 64.2 Å². The molecule has 0 aliphatic carbocycles. The van der Waals surface area contributed by atoms with Crippen molar-refractivity contribution in [1.82, 2.24) is 0 Å². The normalized spacial score (nSPS) is 10.5. The molecule has 116 valence electrons. The van der Waals surface area contributed by atoms with Gasteiger partial charge in [-0.15, -0.1) is 0 Å². The molecule has 0 spiro atoms. The summed E-state index contributed by atoms with van der Waals surface area (Å²) < 4.78 is 10.8. The van der Waals surface area contributed by atoms with Gasteiger partial charge in [-0.05, 0) is 36.6 Å². The number of hydrogen-bond acceptors (Lipinski definition) is 3. The van der Waals surface area contributed by atoms with E-state index in [4.69, 9.17) is 9.47 Å². The average molecular weight is 300 g/mol. The zero-order valence-electron chi connectivity index (χ0n) is 13.1. The fourth-order valence-corrected chi connectivity index (χ4v) is 2.34. The summed E-state index contributed by atoms with van der Waals surface area (Å²) in [5, 5.41) is 9.34. The number of rotatable bonds is 6. The van der Waals surface area contributed by atoms with Crippen LogP contribution >= 0.6 is 0 Å². The molecule has 0 heterocycles. The number of carboxylic acids is 1. The number of ether oxygens (including phenoxy) is 2. The van der Waals surface area contributed by atoms with Crippen LogP contribution < -0.4 is 4.74 Å². The van der Waals surface area contributed by atoms with Gasteiger partial charge < -0.3 is 14.6 Å². The number of methoxy groups -OCH3 is 1. The van der Waals surface area contributed by atoms with Gasteiger partial charge in [0.15, 0.2) is 0 Å². The first-order valence-electron chi connectivity index (χ1n) is 7.06. The first kappa shape index (κ1) is 16.0. The number of carboxylic acid groups (broad SMARTS) is 1. The molecule has 4 heteroatoms. The predicted molar refractivity (Wildman–Crippen MR) is 84.4 cm³/mol. The quantitative estimate of drug-likeness (QED) is 0.883. The Balaban J connectivity index is 2.12. The van der Waals surface area contributed by atoms with Gasteiger partial charge in [-0.25, -0.2) is 4.79 Å². The molecule has 2 aromatic carbocycles. The van der Waals surface area contributed by atoms with Gasteiger partial charge >= 0.3 is 5.97 Å². The maximum atomic E-state index is 11.4. The van der Waals surface area contributed by atoms with Crippen molar-refractivity contribution < 1.29 is 19.4 Å². The minimum atomic E-state index is -1.01. The second kappa shape index (κ2) is 7.09. The van der Waals surface area contributed by atoms with Crippen LogP contribution in [0.15, 0.2) is 36.4 Å². The Bertz CT molecular complexity index is 677. The van der Waals surface area contributed by atoms with Crippen molar-refractivity contribution in [2.24, 2.45) is 0 Å². The molecule has 2 aromatic rings. The second-order valence-corrected chi connectivity index (χ2v) is 5.22. The van der Waals surface area contributed by atoms with Crippen LogP contribution in [0.1, 0.15) is 32.6 Å². The topological polar surface area (TPSA) is 55.8 Å². The highest BCUT2D eigenvalue weighted by Gasteiger charge is 2.16. The van der Waals surface area contributed by atoms with Crippen molar-refractivity contribution in [2.45, 2.75) is 27.1 Å². The second-order valence-electron chi connectivity index (χ2n) is 5.22. The van der Waals surface area contributed by atoms with Crippen molar-refractivity contribution in [1.29, 1.82) is 0 Å². The van der Waals surface area contributed by atoms with Crippen LogP contribution in [-0.2, 0) is 18.0 Å². The van der Waals surface area contributed by atoms with Crippen LogP contribution in [-0.4, -0.2) is 18.2 Å². The number of hydrogen-bond donors (Lipinski definition) is 1. The molecule has 1 N–H and O–H groups in total. The molecule has 0 aliphatic rings. The van der Waals surface area contributed by atoms with Crippen molar-refractivity contribution >= 4 is 5.97 Å². The minimum Gasteiger partial charge on any atom is -0.496 e. The molecule has 0 aliphatic heterocycles. The molecule has 4 nitrogen and oxygen atoms in total. The molecule has 0 radical (unpaired) electrons. The molecule has 0 bridgehead atoms.